The fourth-order valence-electron chi connectivity index (χ4n) is 2.24. The summed E-state index contributed by atoms with van der Waals surface area (Å²) in [5.41, 5.74) is 1.93. The molecule has 114 valence electrons. The molecular formula is C15H15N3O3S. The van der Waals surface area contributed by atoms with Crippen molar-refractivity contribution in [2.45, 2.75) is 18.4 Å². The molecule has 0 fully saturated rings. The molecule has 0 atom stereocenters. The number of benzene rings is 1. The second kappa shape index (κ2) is 5.84. The summed E-state index contributed by atoms with van der Waals surface area (Å²) < 4.78 is 5.00. The van der Waals surface area contributed by atoms with E-state index in [1.807, 2.05) is 13.0 Å². The smallest absolute Gasteiger partial charge is 0.254 e. The van der Waals surface area contributed by atoms with Crippen LogP contribution >= 0.6 is 11.8 Å². The molecule has 2 aromatic rings. The predicted molar refractivity (Wildman–Crippen MR) is 82.8 cm³/mol. The van der Waals surface area contributed by atoms with E-state index in [1.54, 1.807) is 30.1 Å². The number of hydrogen-bond donors (Lipinski definition) is 1. The largest absolute Gasteiger partial charge is 0.361 e. The Kier molecular flexibility index (Phi) is 3.89. The zero-order chi connectivity index (χ0) is 15.7. The number of carbonyl (C=O) groups is 2. The van der Waals surface area contributed by atoms with Crippen molar-refractivity contribution in [3.63, 3.8) is 0 Å². The molecule has 0 bridgehead atoms. The average molecular weight is 317 g/mol. The minimum Gasteiger partial charge on any atom is -0.361 e. The minimum absolute atomic E-state index is 0.0477. The number of anilines is 1. The van der Waals surface area contributed by atoms with Gasteiger partial charge in [-0.15, -0.1) is 11.8 Å². The van der Waals surface area contributed by atoms with Gasteiger partial charge in [0.05, 0.1) is 18.0 Å². The van der Waals surface area contributed by atoms with Gasteiger partial charge < -0.3 is 14.7 Å². The van der Waals surface area contributed by atoms with Crippen LogP contribution in [0.4, 0.5) is 5.69 Å². The van der Waals surface area contributed by atoms with Gasteiger partial charge in [-0.1, -0.05) is 5.16 Å². The van der Waals surface area contributed by atoms with Gasteiger partial charge in [0.15, 0.2) is 0 Å². The Bertz CT molecular complexity index is 741. The van der Waals surface area contributed by atoms with Crippen LogP contribution in [0, 0.1) is 6.92 Å². The number of amides is 2. The maximum Gasteiger partial charge on any atom is 0.254 e. The highest BCUT2D eigenvalue weighted by Crippen LogP contribution is 2.32. The van der Waals surface area contributed by atoms with Crippen LogP contribution in [-0.4, -0.2) is 34.7 Å². The van der Waals surface area contributed by atoms with Gasteiger partial charge in [0.25, 0.3) is 5.91 Å². The average Bonchev–Trinajstić information content (AvgIpc) is 2.90. The molecule has 1 aliphatic rings. The van der Waals surface area contributed by atoms with E-state index in [0.717, 1.165) is 4.90 Å². The summed E-state index contributed by atoms with van der Waals surface area (Å²) in [6.07, 6.45) is 0. The lowest BCUT2D eigenvalue weighted by Gasteiger charge is -2.19. The molecular weight excluding hydrogens is 302 g/mol. The summed E-state index contributed by atoms with van der Waals surface area (Å²) in [5, 5.41) is 6.67. The standard InChI is InChI=1S/C15H15N3O3S/c1-9-5-11(17-21-9)7-18(2)15(20)10-3-4-13-12(6-10)16-14(19)8-22-13/h3-6H,7-8H2,1-2H3,(H,16,19). The van der Waals surface area contributed by atoms with Crippen LogP contribution in [0.3, 0.4) is 0 Å². The molecule has 1 N–H and O–H groups in total. The topological polar surface area (TPSA) is 75.4 Å². The van der Waals surface area contributed by atoms with Gasteiger partial charge in [0, 0.05) is 23.6 Å². The summed E-state index contributed by atoms with van der Waals surface area (Å²) in [7, 11) is 1.71. The van der Waals surface area contributed by atoms with Crippen LogP contribution in [0.25, 0.3) is 0 Å². The molecule has 0 spiro atoms. The molecule has 3 rings (SSSR count). The van der Waals surface area contributed by atoms with Crippen molar-refractivity contribution in [1.82, 2.24) is 10.1 Å². The molecule has 7 heteroatoms. The summed E-state index contributed by atoms with van der Waals surface area (Å²) in [4.78, 5) is 26.5. The van der Waals surface area contributed by atoms with E-state index >= 15 is 0 Å². The first-order valence-corrected chi connectivity index (χ1v) is 7.76. The molecule has 1 aliphatic heterocycles. The number of fused-ring (bicyclic) bond motifs is 1. The Labute approximate surface area is 131 Å². The van der Waals surface area contributed by atoms with Crippen molar-refractivity contribution in [2.24, 2.45) is 0 Å². The number of thioether (sulfide) groups is 1. The maximum atomic E-state index is 12.5. The van der Waals surface area contributed by atoms with E-state index in [-0.39, 0.29) is 11.8 Å². The second-order valence-corrected chi connectivity index (χ2v) is 6.16. The molecule has 0 saturated heterocycles. The molecule has 0 radical (unpaired) electrons. The third kappa shape index (κ3) is 2.99. The first-order chi connectivity index (χ1) is 10.5. The first kappa shape index (κ1) is 14.6. The maximum absolute atomic E-state index is 12.5. The predicted octanol–water partition coefficient (Wildman–Crippen LogP) is 2.30. The third-order valence-corrected chi connectivity index (χ3v) is 4.36. The highest BCUT2D eigenvalue weighted by atomic mass is 32.2. The van der Waals surface area contributed by atoms with E-state index in [9.17, 15) is 9.59 Å². The Hall–Kier alpha value is -2.28. The number of aryl methyl sites for hydroxylation is 1. The van der Waals surface area contributed by atoms with Crippen LogP contribution in [0.2, 0.25) is 0 Å². The lowest BCUT2D eigenvalue weighted by atomic mass is 10.1. The quantitative estimate of drug-likeness (QED) is 0.940. The lowest BCUT2D eigenvalue weighted by Crippen LogP contribution is -2.27. The SMILES string of the molecule is Cc1cc(CN(C)C(=O)c2ccc3c(c2)NC(=O)CS3)no1. The Morgan fingerprint density at radius 1 is 1.45 bits per heavy atom. The van der Waals surface area contributed by atoms with Gasteiger partial charge >= 0.3 is 0 Å². The summed E-state index contributed by atoms with van der Waals surface area (Å²) >= 11 is 1.47. The van der Waals surface area contributed by atoms with Crippen LogP contribution in [-0.2, 0) is 11.3 Å². The van der Waals surface area contributed by atoms with Gasteiger partial charge in [-0.2, -0.15) is 0 Å². The monoisotopic (exact) mass is 317 g/mol. The number of aromatic nitrogens is 1. The first-order valence-electron chi connectivity index (χ1n) is 6.77. The van der Waals surface area contributed by atoms with Gasteiger partial charge in [-0.05, 0) is 25.1 Å². The van der Waals surface area contributed by atoms with Crippen molar-refractivity contribution in [3.8, 4) is 0 Å². The molecule has 2 amide bonds. The van der Waals surface area contributed by atoms with E-state index < -0.39 is 0 Å². The second-order valence-electron chi connectivity index (χ2n) is 5.14. The number of rotatable bonds is 3. The van der Waals surface area contributed by atoms with Crippen molar-refractivity contribution in [3.05, 3.63) is 41.3 Å². The Morgan fingerprint density at radius 3 is 3.00 bits per heavy atom. The van der Waals surface area contributed by atoms with Crippen LogP contribution < -0.4 is 5.32 Å². The summed E-state index contributed by atoms with van der Waals surface area (Å²) in [5.74, 6) is 0.942. The molecule has 0 unspecified atom stereocenters. The van der Waals surface area contributed by atoms with Crippen molar-refractivity contribution in [1.29, 1.82) is 0 Å². The van der Waals surface area contributed by atoms with Gasteiger partial charge in [-0.25, -0.2) is 0 Å². The summed E-state index contributed by atoms with van der Waals surface area (Å²) in [6.45, 7) is 2.18. The fourth-order valence-corrected chi connectivity index (χ4v) is 3.03. The van der Waals surface area contributed by atoms with Gasteiger partial charge in [0.1, 0.15) is 11.5 Å². The Balaban J connectivity index is 1.77. The number of nitrogens with zero attached hydrogens (tertiary/aromatic N) is 2. The molecule has 0 saturated carbocycles. The molecule has 0 aliphatic carbocycles. The third-order valence-electron chi connectivity index (χ3n) is 3.28. The number of hydrogen-bond acceptors (Lipinski definition) is 5. The van der Waals surface area contributed by atoms with E-state index in [4.69, 9.17) is 4.52 Å². The molecule has 1 aromatic carbocycles. The lowest BCUT2D eigenvalue weighted by molar-refractivity contribution is -0.113. The highest BCUT2D eigenvalue weighted by Gasteiger charge is 2.19. The van der Waals surface area contributed by atoms with Gasteiger partial charge in [0.2, 0.25) is 5.91 Å². The molecule has 22 heavy (non-hydrogen) atoms. The minimum atomic E-state index is -0.131. The highest BCUT2D eigenvalue weighted by molar-refractivity contribution is 8.00. The van der Waals surface area contributed by atoms with Gasteiger partial charge in [-0.3, -0.25) is 9.59 Å². The normalized spacial score (nSPS) is 13.5. The fraction of sp³-hybridized carbons (Fsp3) is 0.267. The molecule has 6 nitrogen and oxygen atoms in total. The van der Waals surface area contributed by atoms with Crippen molar-refractivity contribution >= 4 is 29.3 Å². The Morgan fingerprint density at radius 2 is 2.27 bits per heavy atom. The zero-order valence-corrected chi connectivity index (χ0v) is 13.1. The van der Waals surface area contributed by atoms with Crippen LogP contribution in [0.1, 0.15) is 21.8 Å². The van der Waals surface area contributed by atoms with Crippen molar-refractivity contribution < 1.29 is 14.1 Å². The zero-order valence-electron chi connectivity index (χ0n) is 12.3. The van der Waals surface area contributed by atoms with E-state index in [0.29, 0.717) is 35.0 Å². The number of carbonyl (C=O) groups excluding carboxylic acids is 2. The van der Waals surface area contributed by atoms with E-state index in [2.05, 4.69) is 10.5 Å². The number of nitrogens with one attached hydrogen (secondary N) is 1. The van der Waals surface area contributed by atoms with Crippen LogP contribution in [0.15, 0.2) is 33.7 Å². The van der Waals surface area contributed by atoms with E-state index in [1.165, 1.54) is 11.8 Å². The molecule has 1 aromatic heterocycles. The summed E-state index contributed by atoms with van der Waals surface area (Å²) in [6, 6.07) is 7.15. The van der Waals surface area contributed by atoms with Crippen LogP contribution in [0.5, 0.6) is 0 Å². The molecule has 2 heterocycles. The van der Waals surface area contributed by atoms with Crippen molar-refractivity contribution in [2.75, 3.05) is 18.1 Å².